The van der Waals surface area contributed by atoms with Gasteiger partial charge in [0.25, 0.3) is 0 Å². The highest BCUT2D eigenvalue weighted by Gasteiger charge is 2.09. The van der Waals surface area contributed by atoms with Gasteiger partial charge in [0.2, 0.25) is 0 Å². The maximum atomic E-state index is 13.7. The van der Waals surface area contributed by atoms with Crippen molar-refractivity contribution in [1.82, 2.24) is 4.98 Å². The van der Waals surface area contributed by atoms with E-state index in [1.165, 1.54) is 18.3 Å². The molecular formula is C12H7ClFNO. The molecule has 1 aromatic carbocycles. The highest BCUT2D eigenvalue weighted by Crippen LogP contribution is 2.26. The summed E-state index contributed by atoms with van der Waals surface area (Å²) < 4.78 is 13.7. The van der Waals surface area contributed by atoms with Crippen molar-refractivity contribution in [2.45, 2.75) is 0 Å². The molecule has 2 nitrogen and oxygen atoms in total. The summed E-state index contributed by atoms with van der Waals surface area (Å²) in [6, 6.07) is 7.73. The molecule has 0 unspecified atom stereocenters. The highest BCUT2D eigenvalue weighted by atomic mass is 35.5. The van der Waals surface area contributed by atoms with E-state index in [9.17, 15) is 9.18 Å². The van der Waals surface area contributed by atoms with Crippen molar-refractivity contribution in [2.24, 2.45) is 0 Å². The van der Waals surface area contributed by atoms with Gasteiger partial charge in [0.05, 0.1) is 10.7 Å². The quantitative estimate of drug-likeness (QED) is 0.747. The normalized spacial score (nSPS) is 10.1. The van der Waals surface area contributed by atoms with Crippen molar-refractivity contribution in [3.8, 4) is 11.3 Å². The minimum Gasteiger partial charge on any atom is -0.298 e. The number of hydrogen-bond donors (Lipinski definition) is 0. The summed E-state index contributed by atoms with van der Waals surface area (Å²) in [6.45, 7) is 0. The van der Waals surface area contributed by atoms with Crippen molar-refractivity contribution in [3.63, 3.8) is 0 Å². The lowest BCUT2D eigenvalue weighted by atomic mass is 10.1. The van der Waals surface area contributed by atoms with Gasteiger partial charge < -0.3 is 0 Å². The van der Waals surface area contributed by atoms with Gasteiger partial charge in [0.15, 0.2) is 5.82 Å². The van der Waals surface area contributed by atoms with Gasteiger partial charge in [-0.25, -0.2) is 4.39 Å². The van der Waals surface area contributed by atoms with Gasteiger partial charge in [-0.1, -0.05) is 17.7 Å². The van der Waals surface area contributed by atoms with Gasteiger partial charge >= 0.3 is 0 Å². The number of aldehydes is 1. The van der Waals surface area contributed by atoms with Gasteiger partial charge in [0.1, 0.15) is 6.29 Å². The van der Waals surface area contributed by atoms with Crippen LogP contribution in [0.5, 0.6) is 0 Å². The second-order valence-corrected chi connectivity index (χ2v) is 3.60. The van der Waals surface area contributed by atoms with Crippen LogP contribution in [0.25, 0.3) is 11.3 Å². The van der Waals surface area contributed by atoms with Crippen LogP contribution in [-0.2, 0) is 0 Å². The summed E-state index contributed by atoms with van der Waals surface area (Å²) in [6.07, 6.45) is 2.15. The number of rotatable bonds is 2. The Bertz CT molecular complexity index is 542. The number of pyridine rings is 1. The standard InChI is InChI=1S/C12H7ClFNO/c13-10-3-1-2-9(12(10)14)11-6-8(7-16)4-5-15-11/h1-7H. The lowest BCUT2D eigenvalue weighted by Crippen LogP contribution is -1.90. The summed E-state index contributed by atoms with van der Waals surface area (Å²) in [5.74, 6) is -0.528. The number of halogens is 2. The summed E-state index contributed by atoms with van der Waals surface area (Å²) in [4.78, 5) is 14.6. The Morgan fingerprint density at radius 3 is 2.88 bits per heavy atom. The number of hydrogen-bond acceptors (Lipinski definition) is 2. The van der Waals surface area contributed by atoms with E-state index in [-0.39, 0.29) is 10.6 Å². The second kappa shape index (κ2) is 4.41. The fraction of sp³-hybridized carbons (Fsp3) is 0. The summed E-state index contributed by atoms with van der Waals surface area (Å²) in [7, 11) is 0. The molecule has 0 fully saturated rings. The SMILES string of the molecule is O=Cc1ccnc(-c2cccc(Cl)c2F)c1. The van der Waals surface area contributed by atoms with E-state index in [2.05, 4.69) is 4.98 Å². The van der Waals surface area contributed by atoms with Crippen LogP contribution in [0.1, 0.15) is 10.4 Å². The summed E-state index contributed by atoms with van der Waals surface area (Å²) in [5, 5.41) is 0.0378. The molecule has 80 valence electrons. The monoisotopic (exact) mass is 235 g/mol. The van der Waals surface area contributed by atoms with Crippen LogP contribution < -0.4 is 0 Å². The van der Waals surface area contributed by atoms with E-state index in [1.807, 2.05) is 0 Å². The molecule has 0 bridgehead atoms. The largest absolute Gasteiger partial charge is 0.298 e. The Morgan fingerprint density at radius 2 is 2.12 bits per heavy atom. The van der Waals surface area contributed by atoms with Crippen LogP contribution in [0.2, 0.25) is 5.02 Å². The predicted octanol–water partition coefficient (Wildman–Crippen LogP) is 3.35. The molecule has 0 aliphatic carbocycles. The average molecular weight is 236 g/mol. The number of aromatic nitrogens is 1. The topological polar surface area (TPSA) is 30.0 Å². The van der Waals surface area contributed by atoms with Crippen LogP contribution >= 0.6 is 11.6 Å². The summed E-state index contributed by atoms with van der Waals surface area (Å²) >= 11 is 5.67. The van der Waals surface area contributed by atoms with Crippen molar-refractivity contribution in [1.29, 1.82) is 0 Å². The van der Waals surface area contributed by atoms with Crippen LogP contribution in [0.3, 0.4) is 0 Å². The first-order chi connectivity index (χ1) is 7.72. The molecule has 0 aliphatic heterocycles. The number of carbonyl (C=O) groups is 1. The Labute approximate surface area is 96.7 Å². The molecule has 0 spiro atoms. The highest BCUT2D eigenvalue weighted by molar-refractivity contribution is 6.31. The van der Waals surface area contributed by atoms with Crippen molar-refractivity contribution < 1.29 is 9.18 Å². The molecule has 0 N–H and O–H groups in total. The molecule has 1 heterocycles. The van der Waals surface area contributed by atoms with Gasteiger partial charge in [0, 0.05) is 17.3 Å². The molecule has 2 rings (SSSR count). The number of nitrogens with zero attached hydrogens (tertiary/aromatic N) is 1. The summed E-state index contributed by atoms with van der Waals surface area (Å²) in [5.41, 5.74) is 1.13. The smallest absolute Gasteiger partial charge is 0.151 e. The van der Waals surface area contributed by atoms with E-state index in [0.717, 1.165) is 0 Å². The first-order valence-corrected chi connectivity index (χ1v) is 4.96. The number of benzene rings is 1. The molecular weight excluding hydrogens is 229 g/mol. The molecule has 0 radical (unpaired) electrons. The lowest BCUT2D eigenvalue weighted by Gasteiger charge is -2.03. The van der Waals surface area contributed by atoms with Crippen LogP contribution in [0.4, 0.5) is 4.39 Å². The van der Waals surface area contributed by atoms with Crippen LogP contribution in [0.15, 0.2) is 36.5 Å². The van der Waals surface area contributed by atoms with Crippen LogP contribution in [-0.4, -0.2) is 11.3 Å². The lowest BCUT2D eigenvalue weighted by molar-refractivity contribution is 0.112. The fourth-order valence-corrected chi connectivity index (χ4v) is 1.54. The predicted molar refractivity (Wildman–Crippen MR) is 60.0 cm³/mol. The third-order valence-corrected chi connectivity index (χ3v) is 2.44. The Morgan fingerprint density at radius 1 is 1.31 bits per heavy atom. The van der Waals surface area contributed by atoms with E-state index >= 15 is 0 Å². The van der Waals surface area contributed by atoms with Crippen molar-refractivity contribution in [2.75, 3.05) is 0 Å². The molecule has 0 saturated carbocycles. The van der Waals surface area contributed by atoms with E-state index in [4.69, 9.17) is 11.6 Å². The Balaban J connectivity index is 2.58. The average Bonchev–Trinajstić information content (AvgIpc) is 2.33. The zero-order valence-electron chi connectivity index (χ0n) is 8.15. The van der Waals surface area contributed by atoms with E-state index < -0.39 is 5.82 Å². The first kappa shape index (κ1) is 10.8. The molecule has 2 aromatic rings. The van der Waals surface area contributed by atoms with Crippen molar-refractivity contribution in [3.05, 3.63) is 52.9 Å². The third-order valence-electron chi connectivity index (χ3n) is 2.15. The molecule has 0 saturated heterocycles. The Hall–Kier alpha value is -1.74. The molecule has 1 aromatic heterocycles. The fourth-order valence-electron chi connectivity index (χ4n) is 1.37. The van der Waals surface area contributed by atoms with Gasteiger partial charge in [-0.05, 0) is 24.3 Å². The van der Waals surface area contributed by atoms with Gasteiger partial charge in [-0.3, -0.25) is 9.78 Å². The van der Waals surface area contributed by atoms with Crippen molar-refractivity contribution >= 4 is 17.9 Å². The third kappa shape index (κ3) is 1.95. The molecule has 0 atom stereocenters. The zero-order valence-corrected chi connectivity index (χ0v) is 8.91. The number of carbonyl (C=O) groups excluding carboxylic acids is 1. The minimum absolute atomic E-state index is 0.0378. The molecule has 0 amide bonds. The van der Waals surface area contributed by atoms with E-state index in [1.54, 1.807) is 18.2 Å². The zero-order chi connectivity index (χ0) is 11.5. The molecule has 16 heavy (non-hydrogen) atoms. The second-order valence-electron chi connectivity index (χ2n) is 3.19. The molecule has 4 heteroatoms. The van der Waals surface area contributed by atoms with Crippen LogP contribution in [0, 0.1) is 5.82 Å². The van der Waals surface area contributed by atoms with Gasteiger partial charge in [-0.15, -0.1) is 0 Å². The Kier molecular flexibility index (Phi) is 2.97. The maximum Gasteiger partial charge on any atom is 0.151 e. The molecule has 0 aliphatic rings. The minimum atomic E-state index is -0.528. The maximum absolute atomic E-state index is 13.7. The van der Waals surface area contributed by atoms with Gasteiger partial charge in [-0.2, -0.15) is 0 Å². The van der Waals surface area contributed by atoms with E-state index in [0.29, 0.717) is 17.5 Å². The first-order valence-electron chi connectivity index (χ1n) is 4.58.